The summed E-state index contributed by atoms with van der Waals surface area (Å²) in [6.45, 7) is 6.45. The number of ether oxygens (including phenoxy) is 1. The predicted molar refractivity (Wildman–Crippen MR) is 59.1 cm³/mol. The van der Waals surface area contributed by atoms with Crippen LogP contribution in [0.15, 0.2) is 18.2 Å². The van der Waals surface area contributed by atoms with Crippen LogP contribution in [0.1, 0.15) is 26.3 Å². The summed E-state index contributed by atoms with van der Waals surface area (Å²) in [6.07, 6.45) is 0. The van der Waals surface area contributed by atoms with Gasteiger partial charge in [-0.05, 0) is 44.5 Å². The summed E-state index contributed by atoms with van der Waals surface area (Å²) in [5.41, 5.74) is 12.7. The topological polar surface area (TPSA) is 61.3 Å². The Morgan fingerprint density at radius 1 is 1.29 bits per heavy atom. The smallest absolute Gasteiger partial charge is 0.120 e. The number of hydrogen-bond donors (Lipinski definition) is 2. The minimum Gasteiger partial charge on any atom is -0.488 e. The molecule has 1 rings (SSSR count). The molecule has 0 aliphatic carbocycles. The van der Waals surface area contributed by atoms with E-state index in [2.05, 4.69) is 0 Å². The first-order chi connectivity index (χ1) is 6.42. The first-order valence-corrected chi connectivity index (χ1v) is 4.70. The summed E-state index contributed by atoms with van der Waals surface area (Å²) in [5.74, 6) is 0.812. The van der Waals surface area contributed by atoms with Crippen LogP contribution < -0.4 is 16.2 Å². The van der Waals surface area contributed by atoms with Crippen LogP contribution in [0.4, 0.5) is 5.69 Å². The first kappa shape index (κ1) is 10.9. The van der Waals surface area contributed by atoms with Gasteiger partial charge in [-0.3, -0.25) is 0 Å². The molecule has 0 saturated heterocycles. The Morgan fingerprint density at radius 2 is 1.93 bits per heavy atom. The lowest BCUT2D eigenvalue weighted by atomic mass is 10.1. The highest BCUT2D eigenvalue weighted by atomic mass is 16.5. The lowest BCUT2D eigenvalue weighted by Gasteiger charge is -2.21. The zero-order valence-corrected chi connectivity index (χ0v) is 9.00. The van der Waals surface area contributed by atoms with Gasteiger partial charge < -0.3 is 16.2 Å². The van der Waals surface area contributed by atoms with E-state index in [9.17, 15) is 0 Å². The van der Waals surface area contributed by atoms with Gasteiger partial charge in [0.25, 0.3) is 0 Å². The van der Waals surface area contributed by atoms with Gasteiger partial charge in [0.1, 0.15) is 11.4 Å². The van der Waals surface area contributed by atoms with E-state index < -0.39 is 0 Å². The van der Waals surface area contributed by atoms with Crippen molar-refractivity contribution in [2.75, 3.05) is 5.73 Å². The minimum absolute atomic E-state index is 0.192. The molecule has 0 bridgehead atoms. The van der Waals surface area contributed by atoms with Crippen molar-refractivity contribution in [3.8, 4) is 5.75 Å². The van der Waals surface area contributed by atoms with Gasteiger partial charge in [0.2, 0.25) is 0 Å². The summed E-state index contributed by atoms with van der Waals surface area (Å²) >= 11 is 0. The third-order valence-corrected chi connectivity index (χ3v) is 1.76. The maximum atomic E-state index is 5.73. The van der Waals surface area contributed by atoms with E-state index >= 15 is 0 Å². The van der Waals surface area contributed by atoms with E-state index in [4.69, 9.17) is 16.2 Å². The van der Waals surface area contributed by atoms with E-state index in [0.717, 1.165) is 11.3 Å². The van der Waals surface area contributed by atoms with Crippen LogP contribution in [0.2, 0.25) is 0 Å². The third-order valence-electron chi connectivity index (χ3n) is 1.76. The van der Waals surface area contributed by atoms with Crippen molar-refractivity contribution in [3.63, 3.8) is 0 Å². The molecule has 0 fully saturated rings. The zero-order chi connectivity index (χ0) is 10.8. The summed E-state index contributed by atoms with van der Waals surface area (Å²) < 4.78 is 5.69. The minimum atomic E-state index is -0.192. The molecule has 0 atom stereocenters. The molecule has 3 nitrogen and oxygen atoms in total. The molecule has 14 heavy (non-hydrogen) atoms. The van der Waals surface area contributed by atoms with E-state index in [1.165, 1.54) is 0 Å². The maximum absolute atomic E-state index is 5.73. The summed E-state index contributed by atoms with van der Waals surface area (Å²) in [4.78, 5) is 0. The van der Waals surface area contributed by atoms with Crippen LogP contribution in [0, 0.1) is 0 Å². The van der Waals surface area contributed by atoms with Crippen molar-refractivity contribution in [1.29, 1.82) is 0 Å². The monoisotopic (exact) mass is 194 g/mol. The second kappa shape index (κ2) is 3.88. The Kier molecular flexibility index (Phi) is 3.01. The van der Waals surface area contributed by atoms with E-state index in [-0.39, 0.29) is 5.60 Å². The number of hydrogen-bond acceptors (Lipinski definition) is 3. The van der Waals surface area contributed by atoms with Gasteiger partial charge in [0.05, 0.1) is 0 Å². The average molecular weight is 194 g/mol. The molecule has 0 aromatic heterocycles. The lowest BCUT2D eigenvalue weighted by Crippen LogP contribution is -2.23. The quantitative estimate of drug-likeness (QED) is 0.707. The van der Waals surface area contributed by atoms with E-state index in [1.54, 1.807) is 0 Å². The van der Waals surface area contributed by atoms with Gasteiger partial charge in [-0.25, -0.2) is 0 Å². The Bertz CT molecular complexity index is 316. The van der Waals surface area contributed by atoms with Crippen molar-refractivity contribution < 1.29 is 4.74 Å². The van der Waals surface area contributed by atoms with Crippen LogP contribution in [-0.2, 0) is 6.54 Å². The molecule has 0 heterocycles. The normalized spacial score (nSPS) is 11.4. The van der Waals surface area contributed by atoms with Crippen molar-refractivity contribution in [2.45, 2.75) is 32.9 Å². The molecule has 3 heteroatoms. The fourth-order valence-corrected chi connectivity index (χ4v) is 1.18. The highest BCUT2D eigenvalue weighted by Gasteiger charge is 2.12. The van der Waals surface area contributed by atoms with Gasteiger partial charge >= 0.3 is 0 Å². The van der Waals surface area contributed by atoms with Crippen LogP contribution >= 0.6 is 0 Å². The fraction of sp³-hybridized carbons (Fsp3) is 0.455. The predicted octanol–water partition coefficient (Wildman–Crippen LogP) is 1.90. The fourth-order valence-electron chi connectivity index (χ4n) is 1.18. The highest BCUT2D eigenvalue weighted by molar-refractivity contribution is 5.50. The summed E-state index contributed by atoms with van der Waals surface area (Å²) in [7, 11) is 0. The number of anilines is 1. The molecule has 1 aromatic rings. The molecule has 0 aliphatic rings. The molecule has 0 amide bonds. The van der Waals surface area contributed by atoms with Crippen molar-refractivity contribution in [1.82, 2.24) is 0 Å². The number of nitrogens with two attached hydrogens (primary N) is 2. The van der Waals surface area contributed by atoms with Crippen LogP contribution in [-0.4, -0.2) is 5.60 Å². The van der Waals surface area contributed by atoms with Gasteiger partial charge in [-0.1, -0.05) is 0 Å². The summed E-state index contributed by atoms with van der Waals surface area (Å²) in [5, 5.41) is 0. The first-order valence-electron chi connectivity index (χ1n) is 4.70. The zero-order valence-electron chi connectivity index (χ0n) is 9.00. The standard InChI is InChI=1S/C11H18N2O/c1-11(2,3)14-9-4-5-10(13)8(6-9)7-12/h4-6H,7,12-13H2,1-3H3. The molecular weight excluding hydrogens is 176 g/mol. The van der Waals surface area contributed by atoms with Gasteiger partial charge in [0, 0.05) is 12.2 Å². The SMILES string of the molecule is CC(C)(C)Oc1ccc(N)c(CN)c1. The maximum Gasteiger partial charge on any atom is 0.120 e. The molecule has 1 aromatic carbocycles. The molecular formula is C11H18N2O. The van der Waals surface area contributed by atoms with Crippen molar-refractivity contribution >= 4 is 5.69 Å². The molecule has 0 radical (unpaired) electrons. The van der Waals surface area contributed by atoms with Gasteiger partial charge in [0.15, 0.2) is 0 Å². The molecule has 0 saturated carbocycles. The Labute approximate surface area is 85.0 Å². The number of rotatable bonds is 2. The van der Waals surface area contributed by atoms with Crippen LogP contribution in [0.5, 0.6) is 5.75 Å². The third kappa shape index (κ3) is 2.92. The van der Waals surface area contributed by atoms with E-state index in [1.807, 2.05) is 39.0 Å². The second-order valence-electron chi connectivity index (χ2n) is 4.28. The number of benzene rings is 1. The second-order valence-corrected chi connectivity index (χ2v) is 4.28. The van der Waals surface area contributed by atoms with Gasteiger partial charge in [-0.2, -0.15) is 0 Å². The number of nitrogen functional groups attached to an aromatic ring is 1. The average Bonchev–Trinajstić information content (AvgIpc) is 2.06. The molecule has 4 N–H and O–H groups in total. The van der Waals surface area contributed by atoms with Crippen LogP contribution in [0.25, 0.3) is 0 Å². The van der Waals surface area contributed by atoms with Crippen molar-refractivity contribution in [2.24, 2.45) is 5.73 Å². The van der Waals surface area contributed by atoms with E-state index in [0.29, 0.717) is 12.2 Å². The van der Waals surface area contributed by atoms with Crippen molar-refractivity contribution in [3.05, 3.63) is 23.8 Å². The Balaban J connectivity index is 2.90. The Morgan fingerprint density at radius 3 is 2.43 bits per heavy atom. The molecule has 0 unspecified atom stereocenters. The molecule has 0 spiro atoms. The molecule has 78 valence electrons. The Hall–Kier alpha value is -1.22. The van der Waals surface area contributed by atoms with Crippen LogP contribution in [0.3, 0.4) is 0 Å². The largest absolute Gasteiger partial charge is 0.488 e. The lowest BCUT2D eigenvalue weighted by molar-refractivity contribution is 0.131. The summed E-state index contributed by atoms with van der Waals surface area (Å²) in [6, 6.07) is 5.57. The molecule has 0 aliphatic heterocycles. The van der Waals surface area contributed by atoms with Gasteiger partial charge in [-0.15, -0.1) is 0 Å². The highest BCUT2D eigenvalue weighted by Crippen LogP contribution is 2.22.